The Labute approximate surface area is 108 Å². The van der Waals surface area contributed by atoms with E-state index < -0.39 is 0 Å². The number of benzene rings is 1. The molecule has 2 nitrogen and oxygen atoms in total. The Bertz CT molecular complexity index is 405. The van der Waals surface area contributed by atoms with E-state index in [2.05, 4.69) is 24.0 Å². The highest BCUT2D eigenvalue weighted by Gasteiger charge is 2.38. The third-order valence-electron chi connectivity index (χ3n) is 3.94. The van der Waals surface area contributed by atoms with Crippen LogP contribution in [0.4, 0.5) is 5.69 Å². The summed E-state index contributed by atoms with van der Waals surface area (Å²) in [6.07, 6.45) is 3.53. The van der Waals surface area contributed by atoms with Crippen LogP contribution in [0, 0.1) is 0 Å². The predicted octanol–water partition coefficient (Wildman–Crippen LogP) is 3.27. The average Bonchev–Trinajstić information content (AvgIpc) is 2.59. The van der Waals surface area contributed by atoms with E-state index >= 15 is 0 Å². The summed E-state index contributed by atoms with van der Waals surface area (Å²) in [6.45, 7) is 3.88. The Morgan fingerprint density at radius 3 is 2.65 bits per heavy atom. The summed E-state index contributed by atoms with van der Waals surface area (Å²) < 4.78 is 5.62. The number of hydrogen-bond donors (Lipinski definition) is 0. The smallest absolute Gasteiger partial charge is 0.0671 e. The molecule has 2 bridgehead atoms. The highest BCUT2D eigenvalue weighted by Crippen LogP contribution is 2.38. The number of morpholine rings is 1. The van der Waals surface area contributed by atoms with Gasteiger partial charge >= 0.3 is 0 Å². The maximum absolute atomic E-state index is 6.36. The van der Waals surface area contributed by atoms with Crippen LogP contribution >= 0.6 is 11.6 Å². The van der Waals surface area contributed by atoms with E-state index in [0.717, 1.165) is 24.7 Å². The van der Waals surface area contributed by atoms with Gasteiger partial charge in [0, 0.05) is 0 Å². The molecular formula is C14H18ClNO. The third kappa shape index (κ3) is 1.94. The average molecular weight is 252 g/mol. The molecule has 3 rings (SSSR count). The summed E-state index contributed by atoms with van der Waals surface area (Å²) in [6, 6.07) is 7.45. The van der Waals surface area contributed by atoms with Gasteiger partial charge in [0.15, 0.2) is 0 Å². The maximum Gasteiger partial charge on any atom is 0.0671 e. The van der Waals surface area contributed by atoms with Crippen LogP contribution in [0.25, 0.3) is 0 Å². The topological polar surface area (TPSA) is 12.5 Å². The van der Waals surface area contributed by atoms with Gasteiger partial charge in [-0.1, -0.05) is 24.6 Å². The first-order chi connectivity index (χ1) is 8.29. The molecule has 2 atom stereocenters. The van der Waals surface area contributed by atoms with Gasteiger partial charge < -0.3 is 9.64 Å². The number of ether oxygens (including phenoxy) is 1. The summed E-state index contributed by atoms with van der Waals surface area (Å²) in [5.74, 6) is 0. The number of hydrogen-bond acceptors (Lipinski definition) is 2. The molecule has 1 aromatic carbocycles. The van der Waals surface area contributed by atoms with Crippen molar-refractivity contribution in [3.63, 3.8) is 0 Å². The first-order valence-corrected chi connectivity index (χ1v) is 6.82. The second kappa shape index (κ2) is 4.51. The second-order valence-corrected chi connectivity index (χ2v) is 5.38. The van der Waals surface area contributed by atoms with Crippen molar-refractivity contribution in [2.24, 2.45) is 0 Å². The second-order valence-electron chi connectivity index (χ2n) is 4.97. The quantitative estimate of drug-likeness (QED) is 0.800. The lowest BCUT2D eigenvalue weighted by molar-refractivity contribution is 0.0906. The summed E-state index contributed by atoms with van der Waals surface area (Å²) >= 11 is 6.36. The van der Waals surface area contributed by atoms with Crippen molar-refractivity contribution in [3.8, 4) is 0 Å². The van der Waals surface area contributed by atoms with Gasteiger partial charge in [-0.15, -0.1) is 0 Å². The van der Waals surface area contributed by atoms with Crippen molar-refractivity contribution in [1.82, 2.24) is 0 Å². The molecule has 92 valence electrons. The summed E-state index contributed by atoms with van der Waals surface area (Å²) in [4.78, 5) is 2.49. The summed E-state index contributed by atoms with van der Waals surface area (Å²) in [5.41, 5.74) is 2.57. The SMILES string of the molecule is CCc1ccc(Cl)c(N2C3CCC2COC3)c1. The Morgan fingerprint density at radius 2 is 2.00 bits per heavy atom. The molecule has 2 unspecified atom stereocenters. The van der Waals surface area contributed by atoms with Crippen molar-refractivity contribution in [3.05, 3.63) is 28.8 Å². The fraction of sp³-hybridized carbons (Fsp3) is 0.571. The van der Waals surface area contributed by atoms with Crippen molar-refractivity contribution in [2.45, 2.75) is 38.3 Å². The monoisotopic (exact) mass is 251 g/mol. The van der Waals surface area contributed by atoms with Crippen LogP contribution in [0.3, 0.4) is 0 Å². The van der Waals surface area contributed by atoms with Gasteiger partial charge in [0.1, 0.15) is 0 Å². The fourth-order valence-corrected chi connectivity index (χ4v) is 3.21. The van der Waals surface area contributed by atoms with Crippen LogP contribution in [0.1, 0.15) is 25.3 Å². The number of aryl methyl sites for hydroxylation is 1. The molecular weight excluding hydrogens is 234 g/mol. The lowest BCUT2D eigenvalue weighted by Gasteiger charge is -2.37. The van der Waals surface area contributed by atoms with Gasteiger partial charge in [0.25, 0.3) is 0 Å². The zero-order valence-electron chi connectivity index (χ0n) is 10.2. The minimum Gasteiger partial charge on any atom is -0.377 e. The van der Waals surface area contributed by atoms with E-state index in [1.54, 1.807) is 0 Å². The van der Waals surface area contributed by atoms with E-state index in [1.165, 1.54) is 24.1 Å². The maximum atomic E-state index is 6.36. The van der Waals surface area contributed by atoms with E-state index in [1.807, 2.05) is 6.07 Å². The van der Waals surface area contributed by atoms with Crippen LogP contribution in [0.2, 0.25) is 5.02 Å². The largest absolute Gasteiger partial charge is 0.377 e. The minimum atomic E-state index is 0.526. The molecule has 17 heavy (non-hydrogen) atoms. The number of nitrogens with zero attached hydrogens (tertiary/aromatic N) is 1. The molecule has 0 spiro atoms. The Hall–Kier alpha value is -0.730. The molecule has 2 heterocycles. The lowest BCUT2D eigenvalue weighted by atomic mass is 10.1. The number of rotatable bonds is 2. The lowest BCUT2D eigenvalue weighted by Crippen LogP contribution is -2.46. The van der Waals surface area contributed by atoms with Crippen molar-refractivity contribution >= 4 is 17.3 Å². The Kier molecular flexibility index (Phi) is 3.01. The molecule has 0 aliphatic carbocycles. The first-order valence-electron chi connectivity index (χ1n) is 6.44. The van der Waals surface area contributed by atoms with Crippen LogP contribution in [-0.2, 0) is 11.2 Å². The van der Waals surface area contributed by atoms with Crippen molar-refractivity contribution in [2.75, 3.05) is 18.1 Å². The Balaban J connectivity index is 1.98. The van der Waals surface area contributed by atoms with Crippen LogP contribution in [0.15, 0.2) is 18.2 Å². The van der Waals surface area contributed by atoms with Crippen LogP contribution < -0.4 is 4.90 Å². The Morgan fingerprint density at radius 1 is 1.29 bits per heavy atom. The highest BCUT2D eigenvalue weighted by atomic mass is 35.5. The highest BCUT2D eigenvalue weighted by molar-refractivity contribution is 6.33. The molecule has 2 aliphatic rings. The molecule has 2 saturated heterocycles. The fourth-order valence-electron chi connectivity index (χ4n) is 3.00. The molecule has 3 heteroatoms. The predicted molar refractivity (Wildman–Crippen MR) is 70.9 cm³/mol. The van der Waals surface area contributed by atoms with E-state index in [0.29, 0.717) is 12.1 Å². The number of halogens is 1. The molecule has 0 saturated carbocycles. The van der Waals surface area contributed by atoms with Gasteiger partial charge in [-0.3, -0.25) is 0 Å². The van der Waals surface area contributed by atoms with Gasteiger partial charge in [-0.25, -0.2) is 0 Å². The minimum absolute atomic E-state index is 0.526. The standard InChI is InChI=1S/C14H18ClNO/c1-2-10-3-6-13(15)14(7-10)16-11-4-5-12(16)9-17-8-11/h3,6-7,11-12H,2,4-5,8-9H2,1H3. The van der Waals surface area contributed by atoms with E-state index in [9.17, 15) is 0 Å². The first kappa shape index (κ1) is 11.4. The zero-order chi connectivity index (χ0) is 11.8. The van der Waals surface area contributed by atoms with Gasteiger partial charge in [0.2, 0.25) is 0 Å². The van der Waals surface area contributed by atoms with Gasteiger partial charge in [-0.2, -0.15) is 0 Å². The van der Waals surface area contributed by atoms with Crippen molar-refractivity contribution in [1.29, 1.82) is 0 Å². The van der Waals surface area contributed by atoms with E-state index in [-0.39, 0.29) is 0 Å². The van der Waals surface area contributed by atoms with E-state index in [4.69, 9.17) is 16.3 Å². The molecule has 0 amide bonds. The zero-order valence-corrected chi connectivity index (χ0v) is 10.9. The molecule has 0 aromatic heterocycles. The van der Waals surface area contributed by atoms with Crippen LogP contribution in [0.5, 0.6) is 0 Å². The number of anilines is 1. The van der Waals surface area contributed by atoms with Crippen LogP contribution in [-0.4, -0.2) is 25.3 Å². The number of fused-ring (bicyclic) bond motifs is 2. The molecule has 0 radical (unpaired) electrons. The van der Waals surface area contributed by atoms with Crippen molar-refractivity contribution < 1.29 is 4.74 Å². The molecule has 2 aliphatic heterocycles. The molecule has 2 fully saturated rings. The molecule has 1 aromatic rings. The normalized spacial score (nSPS) is 27.5. The summed E-state index contributed by atoms with van der Waals surface area (Å²) in [5, 5.41) is 0.876. The third-order valence-corrected chi connectivity index (χ3v) is 4.26. The van der Waals surface area contributed by atoms with Gasteiger partial charge in [0.05, 0.1) is 36.0 Å². The summed E-state index contributed by atoms with van der Waals surface area (Å²) in [7, 11) is 0. The van der Waals surface area contributed by atoms with Gasteiger partial charge in [-0.05, 0) is 37.0 Å². The molecule has 0 N–H and O–H groups in total.